The third-order valence-electron chi connectivity index (χ3n) is 6.47. The molecule has 1 amide bonds. The Labute approximate surface area is 155 Å². The summed E-state index contributed by atoms with van der Waals surface area (Å²) in [5.41, 5.74) is 1.34. The maximum atomic E-state index is 13.1. The lowest BCUT2D eigenvalue weighted by Crippen LogP contribution is -2.54. The summed E-state index contributed by atoms with van der Waals surface area (Å²) < 4.78 is 0. The predicted molar refractivity (Wildman–Crippen MR) is 98.9 cm³/mol. The van der Waals surface area contributed by atoms with Crippen molar-refractivity contribution < 1.29 is 14.7 Å². The molecule has 1 aromatic carbocycles. The highest BCUT2D eigenvalue weighted by Gasteiger charge is 2.49. The first-order valence-electron chi connectivity index (χ1n) is 9.86. The summed E-state index contributed by atoms with van der Waals surface area (Å²) in [7, 11) is 0. The molecule has 0 radical (unpaired) electrons. The zero-order valence-corrected chi connectivity index (χ0v) is 15.3. The van der Waals surface area contributed by atoms with Gasteiger partial charge in [0.2, 0.25) is 5.91 Å². The van der Waals surface area contributed by atoms with Crippen LogP contribution in [0.2, 0.25) is 0 Å². The number of rotatable bonds is 5. The molecule has 1 aliphatic carbocycles. The molecule has 2 aliphatic heterocycles. The van der Waals surface area contributed by atoms with Crippen LogP contribution in [0.15, 0.2) is 30.3 Å². The molecule has 0 bridgehead atoms. The van der Waals surface area contributed by atoms with Gasteiger partial charge in [0.15, 0.2) is 0 Å². The number of hydrogen-bond acceptors (Lipinski definition) is 3. The van der Waals surface area contributed by atoms with Gasteiger partial charge in [-0.15, -0.1) is 0 Å². The number of aliphatic carboxylic acids is 1. The molecule has 5 nitrogen and oxygen atoms in total. The molecule has 26 heavy (non-hydrogen) atoms. The number of piperidine rings is 2. The van der Waals surface area contributed by atoms with E-state index in [1.807, 2.05) is 18.2 Å². The molecule has 1 aromatic rings. The topological polar surface area (TPSA) is 60.9 Å². The van der Waals surface area contributed by atoms with E-state index >= 15 is 0 Å². The Bertz CT molecular complexity index is 663. The van der Waals surface area contributed by atoms with Crippen LogP contribution in [0.25, 0.3) is 0 Å². The SMILES string of the molecule is O=C(O)CCN1CCC2(CC1)C[C@H](c1ccccc1)C(=O)N(C1CC1)C2. The van der Waals surface area contributed by atoms with E-state index in [0.29, 0.717) is 18.5 Å². The van der Waals surface area contributed by atoms with E-state index in [4.69, 9.17) is 5.11 Å². The minimum absolute atomic E-state index is 0.0175. The molecule has 2 saturated heterocycles. The lowest BCUT2D eigenvalue weighted by atomic mass is 9.67. The molecule has 140 valence electrons. The van der Waals surface area contributed by atoms with Crippen LogP contribution in [0, 0.1) is 5.41 Å². The number of nitrogens with zero attached hydrogens (tertiary/aromatic N) is 2. The van der Waals surface area contributed by atoms with Gasteiger partial charge < -0.3 is 14.9 Å². The van der Waals surface area contributed by atoms with Gasteiger partial charge in [-0.3, -0.25) is 9.59 Å². The van der Waals surface area contributed by atoms with Crippen LogP contribution in [0.5, 0.6) is 0 Å². The van der Waals surface area contributed by atoms with E-state index < -0.39 is 5.97 Å². The van der Waals surface area contributed by atoms with E-state index in [-0.39, 0.29) is 17.8 Å². The minimum atomic E-state index is -0.724. The summed E-state index contributed by atoms with van der Waals surface area (Å²) in [6.45, 7) is 3.42. The van der Waals surface area contributed by atoms with Crippen LogP contribution in [0.4, 0.5) is 0 Å². The van der Waals surface area contributed by atoms with Crippen molar-refractivity contribution in [3.63, 3.8) is 0 Å². The quantitative estimate of drug-likeness (QED) is 0.881. The zero-order valence-electron chi connectivity index (χ0n) is 15.3. The van der Waals surface area contributed by atoms with Gasteiger partial charge in [0, 0.05) is 19.1 Å². The molecule has 1 atom stereocenters. The Balaban J connectivity index is 1.49. The highest BCUT2D eigenvalue weighted by atomic mass is 16.4. The highest BCUT2D eigenvalue weighted by Crippen LogP contribution is 2.48. The molecule has 5 heteroatoms. The van der Waals surface area contributed by atoms with Crippen LogP contribution in [-0.2, 0) is 9.59 Å². The Hall–Kier alpha value is -1.88. The van der Waals surface area contributed by atoms with Crippen LogP contribution in [-0.4, -0.2) is 59.0 Å². The number of carboxylic acid groups (broad SMARTS) is 1. The van der Waals surface area contributed by atoms with Gasteiger partial charge in [-0.25, -0.2) is 0 Å². The summed E-state index contributed by atoms with van der Waals surface area (Å²) in [5.74, 6) is -0.425. The Morgan fingerprint density at radius 2 is 1.85 bits per heavy atom. The van der Waals surface area contributed by atoms with Crippen molar-refractivity contribution >= 4 is 11.9 Å². The first-order valence-corrected chi connectivity index (χ1v) is 9.86. The van der Waals surface area contributed by atoms with Crippen molar-refractivity contribution in [2.45, 2.75) is 50.5 Å². The fraction of sp³-hybridized carbons (Fsp3) is 0.619. The summed E-state index contributed by atoms with van der Waals surface area (Å²) >= 11 is 0. The average molecular weight is 356 g/mol. The molecule has 1 N–H and O–H groups in total. The number of carbonyl (C=O) groups is 2. The van der Waals surface area contributed by atoms with E-state index in [0.717, 1.165) is 57.3 Å². The van der Waals surface area contributed by atoms with Gasteiger partial charge in [0.1, 0.15) is 0 Å². The van der Waals surface area contributed by atoms with Crippen molar-refractivity contribution in [2.75, 3.05) is 26.2 Å². The second-order valence-corrected chi connectivity index (χ2v) is 8.35. The molecule has 2 heterocycles. The third kappa shape index (κ3) is 3.63. The monoisotopic (exact) mass is 356 g/mol. The third-order valence-corrected chi connectivity index (χ3v) is 6.47. The Morgan fingerprint density at radius 3 is 2.46 bits per heavy atom. The molecule has 3 fully saturated rings. The predicted octanol–water partition coefficient (Wildman–Crippen LogP) is 2.72. The van der Waals surface area contributed by atoms with Crippen LogP contribution in [0.1, 0.15) is 50.0 Å². The molecule has 0 unspecified atom stereocenters. The molecular formula is C21H28N2O3. The smallest absolute Gasteiger partial charge is 0.304 e. The van der Waals surface area contributed by atoms with E-state index in [9.17, 15) is 9.59 Å². The number of amides is 1. The molecule has 1 spiro atoms. The fourth-order valence-corrected chi connectivity index (χ4v) is 4.73. The Morgan fingerprint density at radius 1 is 1.15 bits per heavy atom. The number of carbonyl (C=O) groups excluding carboxylic acids is 1. The van der Waals surface area contributed by atoms with E-state index in [2.05, 4.69) is 21.9 Å². The second kappa shape index (κ2) is 7.03. The normalized spacial score (nSPS) is 26.2. The van der Waals surface area contributed by atoms with Gasteiger partial charge in [-0.1, -0.05) is 30.3 Å². The number of likely N-dealkylation sites (tertiary alicyclic amines) is 2. The van der Waals surface area contributed by atoms with Crippen molar-refractivity contribution in [1.29, 1.82) is 0 Å². The van der Waals surface area contributed by atoms with Crippen molar-refractivity contribution in [1.82, 2.24) is 9.80 Å². The molecule has 0 aromatic heterocycles. The van der Waals surface area contributed by atoms with Crippen molar-refractivity contribution in [3.05, 3.63) is 35.9 Å². The molecule has 3 aliphatic rings. The average Bonchev–Trinajstić information content (AvgIpc) is 3.49. The van der Waals surface area contributed by atoms with Gasteiger partial charge >= 0.3 is 5.97 Å². The first kappa shape index (κ1) is 17.5. The van der Waals surface area contributed by atoms with Crippen LogP contribution >= 0.6 is 0 Å². The van der Waals surface area contributed by atoms with Gasteiger partial charge in [-0.2, -0.15) is 0 Å². The lowest BCUT2D eigenvalue weighted by molar-refractivity contribution is -0.143. The number of benzene rings is 1. The second-order valence-electron chi connectivity index (χ2n) is 8.35. The minimum Gasteiger partial charge on any atom is -0.481 e. The first-order chi connectivity index (χ1) is 12.6. The van der Waals surface area contributed by atoms with Crippen molar-refractivity contribution in [3.8, 4) is 0 Å². The van der Waals surface area contributed by atoms with Gasteiger partial charge in [-0.05, 0) is 56.2 Å². The summed E-state index contributed by atoms with van der Waals surface area (Å²) in [6, 6.07) is 10.7. The highest BCUT2D eigenvalue weighted by molar-refractivity contribution is 5.85. The molecule has 1 saturated carbocycles. The molecule has 4 rings (SSSR count). The maximum Gasteiger partial charge on any atom is 0.304 e. The largest absolute Gasteiger partial charge is 0.481 e. The molecular weight excluding hydrogens is 328 g/mol. The summed E-state index contributed by atoms with van der Waals surface area (Å²) in [6.07, 6.45) is 5.57. The van der Waals surface area contributed by atoms with Crippen molar-refractivity contribution in [2.24, 2.45) is 5.41 Å². The van der Waals surface area contributed by atoms with E-state index in [1.54, 1.807) is 0 Å². The van der Waals surface area contributed by atoms with E-state index in [1.165, 1.54) is 0 Å². The van der Waals surface area contributed by atoms with Gasteiger partial charge in [0.05, 0.1) is 12.3 Å². The zero-order chi connectivity index (χ0) is 18.1. The number of hydrogen-bond donors (Lipinski definition) is 1. The Kier molecular flexibility index (Phi) is 4.74. The summed E-state index contributed by atoms with van der Waals surface area (Å²) in [5, 5.41) is 8.91. The maximum absolute atomic E-state index is 13.1. The standard InChI is InChI=1S/C21H28N2O3/c24-19(25)8-11-22-12-9-21(10-13-22)14-18(16-4-2-1-3-5-16)20(26)23(15-21)17-6-7-17/h1-5,17-18H,6-15H2,(H,24,25)/t18-/m1/s1. The fourth-order valence-electron chi connectivity index (χ4n) is 4.73. The van der Waals surface area contributed by atoms with Crippen LogP contribution in [0.3, 0.4) is 0 Å². The summed E-state index contributed by atoms with van der Waals surface area (Å²) in [4.78, 5) is 28.4. The van der Waals surface area contributed by atoms with Crippen LogP contribution < -0.4 is 0 Å². The lowest BCUT2D eigenvalue weighted by Gasteiger charge is -2.50. The number of carboxylic acids is 1. The van der Waals surface area contributed by atoms with Gasteiger partial charge in [0.25, 0.3) is 0 Å².